The van der Waals surface area contributed by atoms with E-state index in [9.17, 15) is 9.59 Å². The summed E-state index contributed by atoms with van der Waals surface area (Å²) in [5, 5.41) is 12.9. The Morgan fingerprint density at radius 3 is 2.83 bits per heavy atom. The van der Waals surface area contributed by atoms with Gasteiger partial charge in [0, 0.05) is 39.0 Å². The molecule has 2 aromatic rings. The zero-order valence-corrected chi connectivity index (χ0v) is 13.1. The van der Waals surface area contributed by atoms with Crippen molar-refractivity contribution in [1.29, 1.82) is 0 Å². The molecule has 0 aliphatic carbocycles. The molecule has 2 aromatic heterocycles. The Kier molecular flexibility index (Phi) is 5.61. The number of aromatic nitrogens is 4. The Morgan fingerprint density at radius 1 is 1.30 bits per heavy atom. The molecule has 0 spiro atoms. The van der Waals surface area contributed by atoms with Gasteiger partial charge in [-0.3, -0.25) is 15.1 Å². The lowest BCUT2D eigenvalue weighted by Gasteiger charge is -2.09. The summed E-state index contributed by atoms with van der Waals surface area (Å²) in [4.78, 5) is 28.9. The minimum atomic E-state index is -0.308. The van der Waals surface area contributed by atoms with Crippen LogP contribution in [0.25, 0.3) is 0 Å². The Hall–Kier alpha value is -2.97. The topological polar surface area (TPSA) is 105 Å². The summed E-state index contributed by atoms with van der Waals surface area (Å²) in [5.74, 6) is 0.112. The lowest BCUT2D eigenvalue weighted by Crippen LogP contribution is -2.29. The van der Waals surface area contributed by atoms with Crippen molar-refractivity contribution in [2.24, 2.45) is 0 Å². The molecule has 3 amide bonds. The van der Waals surface area contributed by atoms with Crippen LogP contribution in [0.2, 0.25) is 0 Å². The molecule has 9 heteroatoms. The van der Waals surface area contributed by atoms with Crippen molar-refractivity contribution < 1.29 is 9.59 Å². The molecule has 0 aromatic carbocycles. The van der Waals surface area contributed by atoms with E-state index in [1.54, 1.807) is 20.3 Å². The molecular formula is C14H19N7O2. The van der Waals surface area contributed by atoms with Crippen LogP contribution < -0.4 is 10.6 Å². The molecule has 0 radical (unpaired) electrons. The van der Waals surface area contributed by atoms with Crippen molar-refractivity contribution >= 4 is 17.8 Å². The van der Waals surface area contributed by atoms with Crippen molar-refractivity contribution in [2.45, 2.75) is 13.0 Å². The van der Waals surface area contributed by atoms with Crippen molar-refractivity contribution in [2.75, 3.05) is 26.0 Å². The van der Waals surface area contributed by atoms with Gasteiger partial charge >= 0.3 is 6.03 Å². The van der Waals surface area contributed by atoms with Gasteiger partial charge in [0.25, 0.3) is 0 Å². The van der Waals surface area contributed by atoms with Crippen molar-refractivity contribution in [3.8, 4) is 0 Å². The van der Waals surface area contributed by atoms with Crippen molar-refractivity contribution in [1.82, 2.24) is 30.2 Å². The van der Waals surface area contributed by atoms with Gasteiger partial charge in [-0.1, -0.05) is 11.3 Å². The highest BCUT2D eigenvalue weighted by atomic mass is 16.2. The number of nitrogens with one attached hydrogen (secondary N) is 2. The zero-order chi connectivity index (χ0) is 16.7. The van der Waals surface area contributed by atoms with E-state index in [-0.39, 0.29) is 18.5 Å². The molecule has 0 atom stereocenters. The number of amides is 3. The predicted molar refractivity (Wildman–Crippen MR) is 83.7 cm³/mol. The number of pyridine rings is 1. The molecule has 122 valence electrons. The summed E-state index contributed by atoms with van der Waals surface area (Å²) >= 11 is 0. The maximum Gasteiger partial charge on any atom is 0.322 e. The van der Waals surface area contributed by atoms with Crippen molar-refractivity contribution in [3.63, 3.8) is 0 Å². The van der Waals surface area contributed by atoms with Crippen LogP contribution in [-0.2, 0) is 17.8 Å². The van der Waals surface area contributed by atoms with Crippen LogP contribution in [0.4, 0.5) is 10.6 Å². The fourth-order valence-corrected chi connectivity index (χ4v) is 1.73. The van der Waals surface area contributed by atoms with Gasteiger partial charge in [0.15, 0.2) is 5.82 Å². The summed E-state index contributed by atoms with van der Waals surface area (Å²) in [6, 6.07) is 5.35. The first-order valence-electron chi connectivity index (χ1n) is 7.09. The summed E-state index contributed by atoms with van der Waals surface area (Å²) in [5.41, 5.74) is 0.919. The van der Waals surface area contributed by atoms with E-state index in [0.29, 0.717) is 18.8 Å². The molecule has 0 aliphatic rings. The van der Waals surface area contributed by atoms with E-state index in [4.69, 9.17) is 0 Å². The van der Waals surface area contributed by atoms with E-state index < -0.39 is 0 Å². The van der Waals surface area contributed by atoms with E-state index in [2.05, 4.69) is 25.9 Å². The first kappa shape index (κ1) is 16.4. The number of hydrogen-bond acceptors (Lipinski definition) is 5. The Balaban J connectivity index is 1.75. The van der Waals surface area contributed by atoms with Gasteiger partial charge in [0.05, 0.1) is 6.20 Å². The van der Waals surface area contributed by atoms with E-state index in [1.165, 1.54) is 15.8 Å². The third-order valence-corrected chi connectivity index (χ3v) is 2.91. The fraction of sp³-hybridized carbons (Fsp3) is 0.357. The quantitative estimate of drug-likeness (QED) is 0.787. The molecule has 23 heavy (non-hydrogen) atoms. The summed E-state index contributed by atoms with van der Waals surface area (Å²) < 4.78 is 1.36. The normalized spacial score (nSPS) is 10.2. The Bertz CT molecular complexity index is 654. The van der Waals surface area contributed by atoms with Gasteiger partial charge in [-0.25, -0.2) is 9.48 Å². The van der Waals surface area contributed by atoms with Gasteiger partial charge in [-0.15, -0.1) is 5.10 Å². The maximum atomic E-state index is 11.8. The second kappa shape index (κ2) is 7.87. The van der Waals surface area contributed by atoms with Crippen LogP contribution in [0.3, 0.4) is 0 Å². The van der Waals surface area contributed by atoms with E-state index >= 15 is 0 Å². The van der Waals surface area contributed by atoms with Crippen LogP contribution >= 0.6 is 0 Å². The molecule has 2 N–H and O–H groups in total. The number of hydrogen-bond donors (Lipinski definition) is 2. The number of carbonyl (C=O) groups excluding carboxylic acids is 2. The first-order valence-corrected chi connectivity index (χ1v) is 7.09. The van der Waals surface area contributed by atoms with Gasteiger partial charge in [-0.05, 0) is 12.1 Å². The van der Waals surface area contributed by atoms with Gasteiger partial charge < -0.3 is 10.2 Å². The molecule has 0 saturated carbocycles. The average molecular weight is 317 g/mol. The second-order valence-corrected chi connectivity index (χ2v) is 5.05. The number of urea groups is 1. The van der Waals surface area contributed by atoms with Gasteiger partial charge in [-0.2, -0.15) is 0 Å². The lowest BCUT2D eigenvalue weighted by atomic mass is 10.3. The first-order chi connectivity index (χ1) is 11.0. The van der Waals surface area contributed by atoms with Crippen LogP contribution in [0, 0.1) is 0 Å². The number of carbonyl (C=O) groups is 2. The Labute approximate surface area is 133 Å². The second-order valence-electron chi connectivity index (χ2n) is 5.05. The number of nitrogens with zero attached hydrogens (tertiary/aromatic N) is 5. The molecule has 0 bridgehead atoms. The largest absolute Gasteiger partial charge is 0.354 e. The fourth-order valence-electron chi connectivity index (χ4n) is 1.73. The van der Waals surface area contributed by atoms with Crippen LogP contribution in [0.1, 0.15) is 5.69 Å². The number of rotatable bonds is 6. The summed E-state index contributed by atoms with van der Waals surface area (Å²) in [7, 11) is 3.24. The SMILES string of the molecule is CN(C)C(=O)Nc1cn(CC(=O)NCCc2ccccn2)nn1. The molecule has 0 fully saturated rings. The highest BCUT2D eigenvalue weighted by Gasteiger charge is 2.09. The molecule has 2 heterocycles. The molecule has 0 aliphatic heterocycles. The van der Waals surface area contributed by atoms with Gasteiger partial charge in [0.1, 0.15) is 6.54 Å². The van der Waals surface area contributed by atoms with Crippen LogP contribution in [-0.4, -0.2) is 57.5 Å². The molecule has 0 unspecified atom stereocenters. The monoisotopic (exact) mass is 317 g/mol. The van der Waals surface area contributed by atoms with Crippen LogP contribution in [0.15, 0.2) is 30.6 Å². The zero-order valence-electron chi connectivity index (χ0n) is 13.1. The highest BCUT2D eigenvalue weighted by molar-refractivity contribution is 5.87. The predicted octanol–water partition coefficient (Wildman–Crippen LogP) is 0.126. The van der Waals surface area contributed by atoms with Crippen LogP contribution in [0.5, 0.6) is 0 Å². The maximum absolute atomic E-state index is 11.8. The minimum Gasteiger partial charge on any atom is -0.354 e. The standard InChI is InChI=1S/C14H19N7O2/c1-20(2)14(23)17-12-9-21(19-18-12)10-13(22)16-8-6-11-5-3-4-7-15-11/h3-5,7,9H,6,8,10H2,1-2H3,(H,16,22)(H,17,23). The number of anilines is 1. The third-order valence-electron chi connectivity index (χ3n) is 2.91. The van der Waals surface area contributed by atoms with Crippen molar-refractivity contribution in [3.05, 3.63) is 36.3 Å². The smallest absolute Gasteiger partial charge is 0.322 e. The average Bonchev–Trinajstić information content (AvgIpc) is 2.95. The van der Waals surface area contributed by atoms with E-state index in [0.717, 1.165) is 5.69 Å². The Morgan fingerprint density at radius 2 is 2.13 bits per heavy atom. The highest BCUT2D eigenvalue weighted by Crippen LogP contribution is 2.01. The molecule has 0 saturated heterocycles. The van der Waals surface area contributed by atoms with Gasteiger partial charge in [0.2, 0.25) is 5.91 Å². The lowest BCUT2D eigenvalue weighted by molar-refractivity contribution is -0.121. The molecular weight excluding hydrogens is 298 g/mol. The third kappa shape index (κ3) is 5.38. The minimum absolute atomic E-state index is 0.0348. The molecule has 9 nitrogen and oxygen atoms in total. The summed E-state index contributed by atoms with van der Waals surface area (Å²) in [6.07, 6.45) is 3.88. The van der Waals surface area contributed by atoms with E-state index in [1.807, 2.05) is 18.2 Å². The molecule has 2 rings (SSSR count). The summed E-state index contributed by atoms with van der Waals surface area (Å²) in [6.45, 7) is 0.530.